The van der Waals surface area contributed by atoms with Crippen LogP contribution in [0.5, 0.6) is 0 Å². The molecule has 1 unspecified atom stereocenters. The van der Waals surface area contributed by atoms with Crippen LogP contribution in [-0.2, 0) is 0 Å². The van der Waals surface area contributed by atoms with E-state index in [1.807, 2.05) is 38.4 Å². The number of carbonyl (C=O) groups is 1. The van der Waals surface area contributed by atoms with Crippen LogP contribution in [0.4, 0.5) is 0 Å². The molecule has 0 aromatic heterocycles. The van der Waals surface area contributed by atoms with Crippen LogP contribution in [0.15, 0.2) is 18.2 Å². The molecule has 1 aromatic rings. The number of nitrogens with two attached hydrogens (primary N) is 1. The summed E-state index contributed by atoms with van der Waals surface area (Å²) in [6, 6.07) is 5.93. The topological polar surface area (TPSA) is 46.3 Å². The van der Waals surface area contributed by atoms with Crippen LogP contribution >= 0.6 is 11.8 Å². The van der Waals surface area contributed by atoms with E-state index in [0.717, 1.165) is 16.9 Å². The van der Waals surface area contributed by atoms with Gasteiger partial charge in [-0.2, -0.15) is 11.8 Å². The number of hydrogen-bond acceptors (Lipinski definition) is 3. The van der Waals surface area contributed by atoms with E-state index in [1.54, 1.807) is 16.7 Å². The van der Waals surface area contributed by atoms with Crippen molar-refractivity contribution in [3.8, 4) is 11.8 Å². The molecule has 0 bridgehead atoms. The zero-order chi connectivity index (χ0) is 15.1. The molecular formula is C16H22N2OS. The van der Waals surface area contributed by atoms with E-state index in [1.165, 1.54) is 0 Å². The van der Waals surface area contributed by atoms with E-state index in [9.17, 15) is 4.79 Å². The molecule has 1 amide bonds. The SMILES string of the molecule is CSCC(C)N(C)C(=O)c1cc(C)ccc1C#CCN. The molecule has 20 heavy (non-hydrogen) atoms. The first-order valence-electron chi connectivity index (χ1n) is 6.57. The first kappa shape index (κ1) is 16.6. The number of aryl methyl sites for hydroxylation is 1. The minimum atomic E-state index is 0.0107. The maximum Gasteiger partial charge on any atom is 0.255 e. The molecule has 4 heteroatoms. The van der Waals surface area contributed by atoms with Gasteiger partial charge < -0.3 is 10.6 Å². The molecule has 0 saturated heterocycles. The van der Waals surface area contributed by atoms with E-state index >= 15 is 0 Å². The van der Waals surface area contributed by atoms with E-state index in [-0.39, 0.29) is 11.9 Å². The summed E-state index contributed by atoms with van der Waals surface area (Å²) in [7, 11) is 1.84. The zero-order valence-corrected chi connectivity index (χ0v) is 13.4. The maximum atomic E-state index is 12.6. The molecule has 1 rings (SSSR count). The number of rotatable bonds is 4. The van der Waals surface area contributed by atoms with Gasteiger partial charge in [0.2, 0.25) is 0 Å². The van der Waals surface area contributed by atoms with Crippen molar-refractivity contribution in [2.45, 2.75) is 19.9 Å². The maximum absolute atomic E-state index is 12.6. The van der Waals surface area contributed by atoms with Crippen molar-refractivity contribution in [1.82, 2.24) is 4.90 Å². The highest BCUT2D eigenvalue weighted by molar-refractivity contribution is 7.98. The smallest absolute Gasteiger partial charge is 0.255 e. The summed E-state index contributed by atoms with van der Waals surface area (Å²) in [6.07, 6.45) is 2.04. The molecule has 2 N–H and O–H groups in total. The van der Waals surface area contributed by atoms with Gasteiger partial charge in [0.05, 0.1) is 12.1 Å². The fourth-order valence-corrected chi connectivity index (χ4v) is 2.54. The molecule has 0 aliphatic rings. The molecule has 1 aromatic carbocycles. The van der Waals surface area contributed by atoms with Crippen LogP contribution < -0.4 is 5.73 Å². The number of thioether (sulfide) groups is 1. The average Bonchev–Trinajstić information content (AvgIpc) is 2.44. The number of carbonyl (C=O) groups excluding carboxylic acids is 1. The minimum absolute atomic E-state index is 0.0107. The molecule has 0 spiro atoms. The van der Waals surface area contributed by atoms with Crippen LogP contribution in [0, 0.1) is 18.8 Å². The number of hydrogen-bond donors (Lipinski definition) is 1. The molecule has 1 atom stereocenters. The lowest BCUT2D eigenvalue weighted by Gasteiger charge is -2.25. The van der Waals surface area contributed by atoms with Gasteiger partial charge in [0.1, 0.15) is 0 Å². The molecule has 0 fully saturated rings. The lowest BCUT2D eigenvalue weighted by atomic mass is 10.0. The standard InChI is InChI=1S/C16H22N2OS/c1-12-7-8-14(6-5-9-17)15(10-12)16(19)18(3)13(2)11-20-4/h7-8,10,13H,9,11,17H2,1-4H3. The van der Waals surface area contributed by atoms with Crippen LogP contribution in [0.3, 0.4) is 0 Å². The fraction of sp³-hybridized carbons (Fsp3) is 0.438. The predicted octanol–water partition coefficient (Wildman–Crippen LogP) is 2.13. The second-order valence-electron chi connectivity index (χ2n) is 4.78. The Morgan fingerprint density at radius 1 is 1.50 bits per heavy atom. The summed E-state index contributed by atoms with van der Waals surface area (Å²) >= 11 is 1.73. The van der Waals surface area contributed by atoms with Crippen molar-refractivity contribution < 1.29 is 4.79 Å². The first-order chi connectivity index (χ1) is 9.51. The summed E-state index contributed by atoms with van der Waals surface area (Å²) in [6.45, 7) is 4.32. The molecule has 0 radical (unpaired) electrons. The summed E-state index contributed by atoms with van der Waals surface area (Å²) in [5, 5.41) is 0. The van der Waals surface area contributed by atoms with Crippen molar-refractivity contribution >= 4 is 17.7 Å². The van der Waals surface area contributed by atoms with E-state index in [2.05, 4.69) is 18.8 Å². The highest BCUT2D eigenvalue weighted by atomic mass is 32.2. The Balaban J connectivity index is 3.10. The summed E-state index contributed by atoms with van der Waals surface area (Å²) in [5.74, 6) is 6.72. The predicted molar refractivity (Wildman–Crippen MR) is 87.0 cm³/mol. The average molecular weight is 290 g/mol. The Bertz CT molecular complexity index is 531. The Morgan fingerprint density at radius 2 is 2.20 bits per heavy atom. The fourth-order valence-electron chi connectivity index (χ4n) is 1.83. The van der Waals surface area contributed by atoms with Crippen LogP contribution in [0.2, 0.25) is 0 Å². The lowest BCUT2D eigenvalue weighted by molar-refractivity contribution is 0.0757. The Kier molecular flexibility index (Phi) is 6.63. The Labute approximate surface area is 125 Å². The van der Waals surface area contributed by atoms with Crippen LogP contribution in [0.25, 0.3) is 0 Å². The molecule has 0 aliphatic heterocycles. The van der Waals surface area contributed by atoms with Gasteiger partial charge in [0.25, 0.3) is 5.91 Å². The van der Waals surface area contributed by atoms with Crippen molar-refractivity contribution in [2.75, 3.05) is 25.6 Å². The zero-order valence-electron chi connectivity index (χ0n) is 12.6. The van der Waals surface area contributed by atoms with Crippen molar-refractivity contribution in [3.63, 3.8) is 0 Å². The van der Waals surface area contributed by atoms with Gasteiger partial charge in [-0.05, 0) is 32.2 Å². The van der Waals surface area contributed by atoms with Gasteiger partial charge in [-0.3, -0.25) is 4.79 Å². The lowest BCUT2D eigenvalue weighted by Crippen LogP contribution is -2.37. The third-order valence-electron chi connectivity index (χ3n) is 3.12. The van der Waals surface area contributed by atoms with Crippen molar-refractivity contribution in [1.29, 1.82) is 0 Å². The minimum Gasteiger partial charge on any atom is -0.338 e. The third kappa shape index (κ3) is 4.29. The van der Waals surface area contributed by atoms with E-state index < -0.39 is 0 Å². The second kappa shape index (κ2) is 7.98. The number of benzene rings is 1. The van der Waals surface area contributed by atoms with Crippen LogP contribution in [0.1, 0.15) is 28.4 Å². The Hall–Kier alpha value is -1.44. The van der Waals surface area contributed by atoms with E-state index in [4.69, 9.17) is 5.73 Å². The summed E-state index contributed by atoms with van der Waals surface area (Å²) < 4.78 is 0. The van der Waals surface area contributed by atoms with Gasteiger partial charge in [-0.15, -0.1) is 0 Å². The number of amides is 1. The molecule has 0 saturated carbocycles. The van der Waals surface area contributed by atoms with Crippen LogP contribution in [-0.4, -0.2) is 42.4 Å². The molecule has 108 valence electrons. The monoisotopic (exact) mass is 290 g/mol. The Morgan fingerprint density at radius 3 is 2.80 bits per heavy atom. The molecule has 0 aliphatic carbocycles. The summed E-state index contributed by atoms with van der Waals surface area (Å²) in [4.78, 5) is 14.4. The van der Waals surface area contributed by atoms with Gasteiger partial charge in [-0.25, -0.2) is 0 Å². The largest absolute Gasteiger partial charge is 0.338 e. The summed E-state index contributed by atoms with van der Waals surface area (Å²) in [5.41, 5.74) is 7.86. The molecular weight excluding hydrogens is 268 g/mol. The first-order valence-corrected chi connectivity index (χ1v) is 7.96. The van der Waals surface area contributed by atoms with Gasteiger partial charge in [-0.1, -0.05) is 23.5 Å². The quantitative estimate of drug-likeness (QED) is 0.864. The molecule has 3 nitrogen and oxygen atoms in total. The third-order valence-corrected chi connectivity index (χ3v) is 3.94. The molecule has 0 heterocycles. The van der Waals surface area contributed by atoms with Crippen molar-refractivity contribution in [3.05, 3.63) is 34.9 Å². The number of nitrogens with zero attached hydrogens (tertiary/aromatic N) is 1. The van der Waals surface area contributed by atoms with Gasteiger partial charge in [0.15, 0.2) is 0 Å². The van der Waals surface area contributed by atoms with E-state index in [0.29, 0.717) is 12.1 Å². The second-order valence-corrected chi connectivity index (χ2v) is 5.69. The highest BCUT2D eigenvalue weighted by Crippen LogP contribution is 2.15. The van der Waals surface area contributed by atoms with Gasteiger partial charge >= 0.3 is 0 Å². The van der Waals surface area contributed by atoms with Gasteiger partial charge in [0, 0.05) is 24.4 Å². The van der Waals surface area contributed by atoms with Crippen molar-refractivity contribution in [2.24, 2.45) is 5.73 Å². The normalized spacial score (nSPS) is 11.4. The highest BCUT2D eigenvalue weighted by Gasteiger charge is 2.19.